The number of amides is 2. The molecule has 7 nitrogen and oxygen atoms in total. The van der Waals surface area contributed by atoms with Crippen molar-refractivity contribution in [3.05, 3.63) is 72.1 Å². The molecular weight excluding hydrogens is 452 g/mol. The lowest BCUT2D eigenvalue weighted by atomic mass is 9.63. The number of hydrogen-bond acceptors (Lipinski definition) is 5. The van der Waals surface area contributed by atoms with Gasteiger partial charge in [-0.1, -0.05) is 56.3 Å². The standard InChI is InChI=1S/C29H36N4O3/c1-19-14-20(2)16-22(15-19)29(26(34)12-13-27(30)35,17-21-8-4-3-5-9-21)33-28(36)25-18-31-23-10-6-7-11-24(23)32-25/h3-11,18-20,22,26,34H,12-17H2,1-2H3,(H2,30,35)(H,33,36)/t19?,20?,22?,26-,29-/m0/s1. The van der Waals surface area contributed by atoms with Crippen molar-refractivity contribution in [2.24, 2.45) is 23.5 Å². The van der Waals surface area contributed by atoms with Gasteiger partial charge in [-0.2, -0.15) is 0 Å². The highest BCUT2D eigenvalue weighted by Gasteiger charge is 2.48. The van der Waals surface area contributed by atoms with Gasteiger partial charge in [0.05, 0.1) is 28.9 Å². The Hall–Kier alpha value is -3.32. The maximum absolute atomic E-state index is 13.7. The predicted molar refractivity (Wildman–Crippen MR) is 140 cm³/mol. The van der Waals surface area contributed by atoms with Crippen molar-refractivity contribution < 1.29 is 14.7 Å². The van der Waals surface area contributed by atoms with Crippen LogP contribution >= 0.6 is 0 Å². The molecule has 1 aliphatic rings. The van der Waals surface area contributed by atoms with Gasteiger partial charge in [-0.15, -0.1) is 0 Å². The molecule has 7 heteroatoms. The van der Waals surface area contributed by atoms with Gasteiger partial charge in [-0.05, 0) is 67.6 Å². The van der Waals surface area contributed by atoms with Gasteiger partial charge in [0, 0.05) is 6.42 Å². The maximum atomic E-state index is 13.7. The molecule has 1 heterocycles. The third kappa shape index (κ3) is 5.90. The van der Waals surface area contributed by atoms with Gasteiger partial charge >= 0.3 is 0 Å². The number of aliphatic hydroxyl groups is 1. The molecule has 2 unspecified atom stereocenters. The number of carbonyl (C=O) groups is 2. The Bertz CT molecular complexity index is 1190. The van der Waals surface area contributed by atoms with E-state index in [-0.39, 0.29) is 30.4 Å². The third-order valence-electron chi connectivity index (χ3n) is 7.53. The minimum atomic E-state index is -0.996. The minimum absolute atomic E-state index is 0.0108. The van der Waals surface area contributed by atoms with Crippen LogP contribution in [0.4, 0.5) is 0 Å². The van der Waals surface area contributed by atoms with E-state index >= 15 is 0 Å². The number of nitrogens with two attached hydrogens (primary N) is 1. The molecule has 3 aromatic rings. The third-order valence-corrected chi connectivity index (χ3v) is 7.53. The average molecular weight is 489 g/mol. The molecule has 4 atom stereocenters. The van der Waals surface area contributed by atoms with Crippen LogP contribution in [0.25, 0.3) is 11.0 Å². The summed E-state index contributed by atoms with van der Waals surface area (Å²) in [4.78, 5) is 34.3. The summed E-state index contributed by atoms with van der Waals surface area (Å²) in [6.07, 6.45) is 4.01. The highest BCUT2D eigenvalue weighted by molar-refractivity contribution is 5.94. The van der Waals surface area contributed by atoms with Gasteiger partial charge in [0.1, 0.15) is 5.69 Å². The van der Waals surface area contributed by atoms with Crippen LogP contribution in [-0.4, -0.2) is 38.5 Å². The first-order valence-corrected chi connectivity index (χ1v) is 12.8. The number of para-hydroxylation sites is 2. The van der Waals surface area contributed by atoms with Crippen molar-refractivity contribution in [1.29, 1.82) is 0 Å². The molecule has 1 aromatic heterocycles. The molecule has 4 N–H and O–H groups in total. The lowest BCUT2D eigenvalue weighted by Crippen LogP contribution is -2.64. The molecule has 2 amide bonds. The summed E-state index contributed by atoms with van der Waals surface area (Å²) in [5.74, 6) is 0.0638. The molecule has 0 spiro atoms. The molecule has 1 saturated carbocycles. The zero-order chi connectivity index (χ0) is 25.7. The fourth-order valence-corrected chi connectivity index (χ4v) is 5.94. The first kappa shape index (κ1) is 25.8. The zero-order valence-electron chi connectivity index (χ0n) is 21.1. The summed E-state index contributed by atoms with van der Waals surface area (Å²) < 4.78 is 0. The van der Waals surface area contributed by atoms with Crippen molar-refractivity contribution >= 4 is 22.8 Å². The lowest BCUT2D eigenvalue weighted by molar-refractivity contribution is -0.119. The number of benzene rings is 2. The number of hydrogen-bond donors (Lipinski definition) is 3. The van der Waals surface area contributed by atoms with Crippen molar-refractivity contribution in [1.82, 2.24) is 15.3 Å². The fourth-order valence-electron chi connectivity index (χ4n) is 5.94. The Labute approximate surface area is 212 Å². The minimum Gasteiger partial charge on any atom is -0.391 e. The summed E-state index contributed by atoms with van der Waals surface area (Å²) in [6, 6.07) is 17.3. The van der Waals surface area contributed by atoms with Crippen molar-refractivity contribution in [2.75, 3.05) is 0 Å². The molecule has 0 bridgehead atoms. The molecule has 36 heavy (non-hydrogen) atoms. The van der Waals surface area contributed by atoms with Gasteiger partial charge in [0.2, 0.25) is 5.91 Å². The van der Waals surface area contributed by atoms with Crippen LogP contribution < -0.4 is 11.1 Å². The number of rotatable bonds is 9. The highest BCUT2D eigenvalue weighted by Crippen LogP contribution is 2.43. The van der Waals surface area contributed by atoms with E-state index in [1.807, 2.05) is 54.6 Å². The number of fused-ring (bicyclic) bond motifs is 1. The normalized spacial score (nSPS) is 22.5. The van der Waals surface area contributed by atoms with E-state index < -0.39 is 17.6 Å². The van der Waals surface area contributed by atoms with Crippen LogP contribution in [0.3, 0.4) is 0 Å². The SMILES string of the molecule is CC1CC(C)CC([C@](Cc2ccccc2)(NC(=O)c2cnc3ccccc3n2)[C@@H](O)CCC(N)=O)C1. The van der Waals surface area contributed by atoms with Gasteiger partial charge in [-0.25, -0.2) is 4.98 Å². The van der Waals surface area contributed by atoms with Crippen LogP contribution in [0.5, 0.6) is 0 Å². The van der Waals surface area contributed by atoms with Crippen LogP contribution in [-0.2, 0) is 11.2 Å². The number of carbonyl (C=O) groups excluding carboxylic acids is 2. The molecule has 1 fully saturated rings. The molecule has 1 aliphatic carbocycles. The summed E-state index contributed by atoms with van der Waals surface area (Å²) >= 11 is 0. The number of aliphatic hydroxyl groups excluding tert-OH is 1. The Morgan fingerprint density at radius 1 is 1.03 bits per heavy atom. The highest BCUT2D eigenvalue weighted by atomic mass is 16.3. The molecule has 190 valence electrons. The van der Waals surface area contributed by atoms with Crippen LogP contribution in [0.2, 0.25) is 0 Å². The summed E-state index contributed by atoms with van der Waals surface area (Å²) in [5.41, 5.74) is 7.00. The topological polar surface area (TPSA) is 118 Å². The summed E-state index contributed by atoms with van der Waals surface area (Å²) in [6.45, 7) is 4.45. The van der Waals surface area contributed by atoms with Gasteiger partial charge in [-0.3, -0.25) is 14.6 Å². The second kappa shape index (κ2) is 11.2. The van der Waals surface area contributed by atoms with Crippen LogP contribution in [0.15, 0.2) is 60.8 Å². The van der Waals surface area contributed by atoms with Gasteiger partial charge < -0.3 is 16.2 Å². The quantitative estimate of drug-likeness (QED) is 0.420. The van der Waals surface area contributed by atoms with Crippen molar-refractivity contribution in [2.45, 2.75) is 64.0 Å². The zero-order valence-corrected chi connectivity index (χ0v) is 21.1. The summed E-state index contributed by atoms with van der Waals surface area (Å²) in [5, 5.41) is 15.0. The second-order valence-corrected chi connectivity index (χ2v) is 10.5. The Morgan fingerprint density at radius 2 is 1.67 bits per heavy atom. The second-order valence-electron chi connectivity index (χ2n) is 10.5. The molecule has 2 aromatic carbocycles. The van der Waals surface area contributed by atoms with Crippen LogP contribution in [0, 0.1) is 17.8 Å². The predicted octanol–water partition coefficient (Wildman–Crippen LogP) is 4.04. The van der Waals surface area contributed by atoms with E-state index in [2.05, 4.69) is 29.1 Å². The van der Waals surface area contributed by atoms with E-state index in [4.69, 9.17) is 5.73 Å². The van der Waals surface area contributed by atoms with E-state index in [9.17, 15) is 14.7 Å². The first-order chi connectivity index (χ1) is 17.3. The van der Waals surface area contributed by atoms with Gasteiger partial charge in [0.15, 0.2) is 0 Å². The molecular formula is C29H36N4O3. The number of nitrogens with zero attached hydrogens (tertiary/aromatic N) is 2. The fraction of sp³-hybridized carbons (Fsp3) is 0.448. The first-order valence-electron chi connectivity index (χ1n) is 12.8. The lowest BCUT2D eigenvalue weighted by Gasteiger charge is -2.49. The van der Waals surface area contributed by atoms with Crippen molar-refractivity contribution in [3.63, 3.8) is 0 Å². The molecule has 0 aliphatic heterocycles. The van der Waals surface area contributed by atoms with E-state index in [0.29, 0.717) is 29.3 Å². The number of primary amides is 1. The molecule has 0 saturated heterocycles. The van der Waals surface area contributed by atoms with E-state index in [1.165, 1.54) is 6.20 Å². The average Bonchev–Trinajstić information content (AvgIpc) is 2.86. The largest absolute Gasteiger partial charge is 0.391 e. The van der Waals surface area contributed by atoms with E-state index in [0.717, 1.165) is 24.8 Å². The Balaban J connectivity index is 1.76. The molecule has 4 rings (SSSR count). The van der Waals surface area contributed by atoms with E-state index in [1.54, 1.807) is 0 Å². The number of aromatic nitrogens is 2. The Kier molecular flexibility index (Phi) is 7.99. The van der Waals surface area contributed by atoms with Gasteiger partial charge in [0.25, 0.3) is 5.91 Å². The monoisotopic (exact) mass is 488 g/mol. The Morgan fingerprint density at radius 3 is 2.33 bits per heavy atom. The van der Waals surface area contributed by atoms with Crippen LogP contribution in [0.1, 0.15) is 62.0 Å². The maximum Gasteiger partial charge on any atom is 0.272 e. The molecule has 0 radical (unpaired) electrons. The number of nitrogens with one attached hydrogen (secondary N) is 1. The van der Waals surface area contributed by atoms with Crippen molar-refractivity contribution in [3.8, 4) is 0 Å². The smallest absolute Gasteiger partial charge is 0.272 e. The summed E-state index contributed by atoms with van der Waals surface area (Å²) in [7, 11) is 0.